The van der Waals surface area contributed by atoms with Crippen LogP contribution in [0, 0.1) is 10.1 Å². The van der Waals surface area contributed by atoms with Crippen LogP contribution in [0.2, 0.25) is 0 Å². The number of rotatable bonds is 7. The van der Waals surface area contributed by atoms with Crippen molar-refractivity contribution >= 4 is 17.4 Å². The highest BCUT2D eigenvalue weighted by Gasteiger charge is 2.15. The van der Waals surface area contributed by atoms with Crippen molar-refractivity contribution in [2.45, 2.75) is 25.9 Å². The summed E-state index contributed by atoms with van der Waals surface area (Å²) in [7, 11) is 0. The number of hydrogen-bond donors (Lipinski definition) is 0. The molecule has 0 saturated heterocycles. The molecule has 1 aliphatic rings. The summed E-state index contributed by atoms with van der Waals surface area (Å²) in [6.45, 7) is 1.09. The Labute approximate surface area is 161 Å². The molecule has 28 heavy (non-hydrogen) atoms. The van der Waals surface area contributed by atoms with Gasteiger partial charge in [0.15, 0.2) is 17.3 Å². The monoisotopic (exact) mass is 385 g/mol. The molecule has 0 radical (unpaired) electrons. The molecule has 3 rings (SSSR count). The van der Waals surface area contributed by atoms with Crippen LogP contribution in [0.5, 0.6) is 11.5 Å². The van der Waals surface area contributed by atoms with Crippen LogP contribution in [-0.2, 0) is 16.1 Å². The van der Waals surface area contributed by atoms with Crippen LogP contribution in [0.4, 0.5) is 5.69 Å². The zero-order chi connectivity index (χ0) is 19.9. The van der Waals surface area contributed by atoms with Crippen molar-refractivity contribution in [3.05, 3.63) is 63.7 Å². The number of non-ortho nitro benzene ring substituents is 1. The number of carbonyl (C=O) groups excluding carboxylic acids is 2. The van der Waals surface area contributed by atoms with Gasteiger partial charge in [-0.1, -0.05) is 0 Å². The summed E-state index contributed by atoms with van der Waals surface area (Å²) in [5.41, 5.74) is 1.05. The second kappa shape index (κ2) is 8.98. The fourth-order valence-corrected chi connectivity index (χ4v) is 2.65. The lowest BCUT2D eigenvalue weighted by Crippen LogP contribution is -2.08. The quantitative estimate of drug-likeness (QED) is 0.311. The molecular weight excluding hydrogens is 366 g/mol. The zero-order valence-electron chi connectivity index (χ0n) is 15.1. The normalized spacial score (nSPS) is 12.7. The minimum Gasteiger partial charge on any atom is -0.490 e. The fourth-order valence-electron chi connectivity index (χ4n) is 2.65. The van der Waals surface area contributed by atoms with E-state index < -0.39 is 10.9 Å². The van der Waals surface area contributed by atoms with Gasteiger partial charge in [0.05, 0.1) is 24.6 Å². The molecule has 1 aliphatic heterocycles. The van der Waals surface area contributed by atoms with E-state index in [1.807, 2.05) is 0 Å². The molecule has 0 amide bonds. The molecule has 0 spiro atoms. The van der Waals surface area contributed by atoms with E-state index in [0.717, 1.165) is 6.42 Å². The number of Topliss-reactive ketones (excluding diaryl/α,β-unsaturated/α-hetero) is 1. The maximum Gasteiger partial charge on any atom is 0.306 e. The fraction of sp³-hybridized carbons (Fsp3) is 0.300. The van der Waals surface area contributed by atoms with Gasteiger partial charge < -0.3 is 14.2 Å². The Morgan fingerprint density at radius 2 is 1.71 bits per heavy atom. The van der Waals surface area contributed by atoms with Gasteiger partial charge in [0.25, 0.3) is 5.69 Å². The third-order valence-electron chi connectivity index (χ3n) is 4.17. The lowest BCUT2D eigenvalue weighted by molar-refractivity contribution is -0.384. The van der Waals surface area contributed by atoms with Gasteiger partial charge in [-0.05, 0) is 35.9 Å². The highest BCUT2D eigenvalue weighted by atomic mass is 16.6. The van der Waals surface area contributed by atoms with Gasteiger partial charge >= 0.3 is 5.97 Å². The van der Waals surface area contributed by atoms with E-state index in [2.05, 4.69) is 0 Å². The third-order valence-corrected chi connectivity index (χ3v) is 4.17. The van der Waals surface area contributed by atoms with E-state index in [1.54, 1.807) is 18.2 Å². The molecule has 0 bridgehead atoms. The number of carbonyl (C=O) groups is 2. The highest BCUT2D eigenvalue weighted by molar-refractivity contribution is 5.98. The Hall–Kier alpha value is -3.42. The van der Waals surface area contributed by atoms with Gasteiger partial charge in [-0.2, -0.15) is 0 Å². The van der Waals surface area contributed by atoms with Crippen molar-refractivity contribution in [3.8, 4) is 11.5 Å². The molecule has 8 heteroatoms. The molecule has 2 aromatic rings. The molecule has 0 unspecified atom stereocenters. The van der Waals surface area contributed by atoms with Gasteiger partial charge in [0.2, 0.25) is 0 Å². The number of fused-ring (bicyclic) bond motifs is 1. The average molecular weight is 385 g/mol. The van der Waals surface area contributed by atoms with E-state index in [4.69, 9.17) is 14.2 Å². The van der Waals surface area contributed by atoms with Crippen molar-refractivity contribution in [2.75, 3.05) is 13.2 Å². The van der Waals surface area contributed by atoms with Crippen molar-refractivity contribution in [3.63, 3.8) is 0 Å². The van der Waals surface area contributed by atoms with E-state index in [1.165, 1.54) is 24.3 Å². The van der Waals surface area contributed by atoms with Crippen LogP contribution in [0.15, 0.2) is 42.5 Å². The number of nitro benzene ring substituents is 1. The molecule has 0 aromatic heterocycles. The summed E-state index contributed by atoms with van der Waals surface area (Å²) in [6.07, 6.45) is 0.734. The number of nitro groups is 1. The van der Waals surface area contributed by atoms with Crippen LogP contribution >= 0.6 is 0 Å². The molecule has 0 saturated carbocycles. The van der Waals surface area contributed by atoms with E-state index in [9.17, 15) is 19.7 Å². The SMILES string of the molecule is O=C(CCC(=O)c1ccc2c(c1)OCCCO2)OCc1ccc([N+](=O)[O-])cc1. The summed E-state index contributed by atoms with van der Waals surface area (Å²) in [5, 5.41) is 10.6. The number of benzene rings is 2. The second-order valence-corrected chi connectivity index (χ2v) is 6.22. The zero-order valence-corrected chi connectivity index (χ0v) is 15.1. The molecule has 146 valence electrons. The maximum absolute atomic E-state index is 12.3. The molecule has 1 heterocycles. The van der Waals surface area contributed by atoms with Crippen LogP contribution in [0.25, 0.3) is 0 Å². The van der Waals surface area contributed by atoms with E-state index in [0.29, 0.717) is 35.8 Å². The Balaban J connectivity index is 1.48. The molecule has 8 nitrogen and oxygen atoms in total. The Morgan fingerprint density at radius 3 is 2.43 bits per heavy atom. The number of ketones is 1. The topological polar surface area (TPSA) is 105 Å². The summed E-state index contributed by atoms with van der Waals surface area (Å²) in [6, 6.07) is 10.7. The van der Waals surface area contributed by atoms with Gasteiger partial charge in [0, 0.05) is 30.5 Å². The van der Waals surface area contributed by atoms with Crippen molar-refractivity contribution in [2.24, 2.45) is 0 Å². The second-order valence-electron chi connectivity index (χ2n) is 6.22. The van der Waals surface area contributed by atoms with Crippen molar-refractivity contribution in [1.82, 2.24) is 0 Å². The largest absolute Gasteiger partial charge is 0.490 e. The first-order chi connectivity index (χ1) is 13.5. The lowest BCUT2D eigenvalue weighted by atomic mass is 10.1. The van der Waals surface area contributed by atoms with Crippen LogP contribution < -0.4 is 9.47 Å². The Bertz CT molecular complexity index is 877. The molecule has 2 aromatic carbocycles. The smallest absolute Gasteiger partial charge is 0.306 e. The minimum absolute atomic E-state index is 0.00492. The summed E-state index contributed by atoms with van der Waals surface area (Å²) in [5.74, 6) is 0.435. The van der Waals surface area contributed by atoms with Gasteiger partial charge in [-0.25, -0.2) is 0 Å². The molecule has 0 fully saturated rings. The van der Waals surface area contributed by atoms with Crippen molar-refractivity contribution < 1.29 is 28.7 Å². The molecule has 0 N–H and O–H groups in total. The summed E-state index contributed by atoms with van der Waals surface area (Å²) < 4.78 is 16.2. The number of ether oxygens (including phenoxy) is 3. The maximum atomic E-state index is 12.3. The highest BCUT2D eigenvalue weighted by Crippen LogP contribution is 2.30. The predicted octanol–water partition coefficient (Wildman–Crippen LogP) is 3.46. The van der Waals surface area contributed by atoms with E-state index >= 15 is 0 Å². The van der Waals surface area contributed by atoms with Crippen molar-refractivity contribution in [1.29, 1.82) is 0 Å². The molecular formula is C20H19NO7. The summed E-state index contributed by atoms with van der Waals surface area (Å²) >= 11 is 0. The first-order valence-electron chi connectivity index (χ1n) is 8.85. The lowest BCUT2D eigenvalue weighted by Gasteiger charge is -2.09. The Kier molecular flexibility index (Phi) is 6.21. The van der Waals surface area contributed by atoms with E-state index in [-0.39, 0.29) is 30.9 Å². The average Bonchev–Trinajstić information content (AvgIpc) is 2.95. The number of nitrogens with zero attached hydrogens (tertiary/aromatic N) is 1. The van der Waals surface area contributed by atoms with Gasteiger partial charge in [-0.15, -0.1) is 0 Å². The number of hydrogen-bond acceptors (Lipinski definition) is 7. The summed E-state index contributed by atoms with van der Waals surface area (Å²) in [4.78, 5) is 34.3. The van der Waals surface area contributed by atoms with Gasteiger partial charge in [0.1, 0.15) is 6.61 Å². The Morgan fingerprint density at radius 1 is 1.00 bits per heavy atom. The molecule has 0 aliphatic carbocycles. The van der Waals surface area contributed by atoms with Gasteiger partial charge in [-0.3, -0.25) is 19.7 Å². The van der Waals surface area contributed by atoms with Crippen LogP contribution in [0.3, 0.4) is 0 Å². The van der Waals surface area contributed by atoms with Crippen LogP contribution in [-0.4, -0.2) is 29.9 Å². The third kappa shape index (κ3) is 5.06. The standard InChI is InChI=1S/C20H19NO7/c22-17(15-4-8-18-19(12-15)27-11-1-10-26-18)7-9-20(23)28-13-14-2-5-16(6-3-14)21(24)25/h2-6,8,12H,1,7,9-11,13H2. The number of esters is 1. The molecule has 0 atom stereocenters. The predicted molar refractivity (Wildman–Crippen MR) is 98.5 cm³/mol. The first kappa shape index (κ1) is 19.3. The van der Waals surface area contributed by atoms with Crippen LogP contribution in [0.1, 0.15) is 35.2 Å². The first-order valence-corrected chi connectivity index (χ1v) is 8.85. The minimum atomic E-state index is -0.513.